The number of piperidine rings is 1. The first-order valence-corrected chi connectivity index (χ1v) is 7.68. The SMILES string of the molecule is Cn1c(SCC2CCNCC2)nc2cc(F)ccc21. The van der Waals surface area contributed by atoms with Crippen molar-refractivity contribution in [1.82, 2.24) is 14.9 Å². The first kappa shape index (κ1) is 12.9. The number of benzene rings is 1. The molecule has 2 aromatic rings. The Labute approximate surface area is 116 Å². The van der Waals surface area contributed by atoms with E-state index in [9.17, 15) is 4.39 Å². The molecule has 0 bridgehead atoms. The van der Waals surface area contributed by atoms with Gasteiger partial charge in [-0.15, -0.1) is 0 Å². The number of hydrogen-bond donors (Lipinski definition) is 1. The molecule has 2 heterocycles. The summed E-state index contributed by atoms with van der Waals surface area (Å²) in [6.07, 6.45) is 2.48. The largest absolute Gasteiger partial charge is 0.322 e. The Kier molecular flexibility index (Phi) is 3.75. The fraction of sp³-hybridized carbons (Fsp3) is 0.500. The lowest BCUT2D eigenvalue weighted by atomic mass is 10.0. The van der Waals surface area contributed by atoms with Gasteiger partial charge in [-0.3, -0.25) is 0 Å². The topological polar surface area (TPSA) is 29.9 Å². The highest BCUT2D eigenvalue weighted by Crippen LogP contribution is 2.27. The van der Waals surface area contributed by atoms with Crippen molar-refractivity contribution in [3.05, 3.63) is 24.0 Å². The Balaban J connectivity index is 1.75. The molecule has 3 nitrogen and oxygen atoms in total. The van der Waals surface area contributed by atoms with Crippen molar-refractivity contribution in [3.8, 4) is 0 Å². The van der Waals surface area contributed by atoms with E-state index in [1.165, 1.54) is 25.0 Å². The number of aryl methyl sites for hydroxylation is 1. The minimum atomic E-state index is -0.222. The Bertz CT molecular complexity index is 575. The Hall–Kier alpha value is -1.07. The highest BCUT2D eigenvalue weighted by Gasteiger charge is 2.15. The van der Waals surface area contributed by atoms with Crippen molar-refractivity contribution >= 4 is 22.8 Å². The average molecular weight is 279 g/mol. The van der Waals surface area contributed by atoms with Crippen LogP contribution >= 0.6 is 11.8 Å². The molecule has 3 rings (SSSR count). The smallest absolute Gasteiger partial charge is 0.168 e. The molecule has 0 radical (unpaired) electrons. The van der Waals surface area contributed by atoms with E-state index in [-0.39, 0.29) is 5.82 Å². The van der Waals surface area contributed by atoms with Gasteiger partial charge in [0.2, 0.25) is 0 Å². The van der Waals surface area contributed by atoms with Gasteiger partial charge in [0.25, 0.3) is 0 Å². The van der Waals surface area contributed by atoms with Gasteiger partial charge in [-0.2, -0.15) is 0 Å². The molecule has 0 atom stereocenters. The maximum atomic E-state index is 13.2. The van der Waals surface area contributed by atoms with Gasteiger partial charge in [0.1, 0.15) is 5.82 Å². The number of fused-ring (bicyclic) bond motifs is 1. The van der Waals surface area contributed by atoms with E-state index in [4.69, 9.17) is 0 Å². The van der Waals surface area contributed by atoms with Crippen LogP contribution in [0.2, 0.25) is 0 Å². The molecule has 0 spiro atoms. The minimum Gasteiger partial charge on any atom is -0.322 e. The van der Waals surface area contributed by atoms with E-state index >= 15 is 0 Å². The third-order valence-electron chi connectivity index (χ3n) is 3.71. The standard InChI is InChI=1S/C14H18FN3S/c1-18-13-3-2-11(15)8-12(13)17-14(18)19-9-10-4-6-16-7-5-10/h2-3,8,10,16H,4-7,9H2,1H3. The molecule has 102 valence electrons. The van der Waals surface area contributed by atoms with Crippen LogP contribution in [0.3, 0.4) is 0 Å². The van der Waals surface area contributed by atoms with E-state index in [1.54, 1.807) is 17.8 Å². The number of imidazole rings is 1. The summed E-state index contributed by atoms with van der Waals surface area (Å²) in [5.41, 5.74) is 1.74. The number of thioether (sulfide) groups is 1. The average Bonchev–Trinajstić information content (AvgIpc) is 2.74. The Morgan fingerprint density at radius 1 is 1.42 bits per heavy atom. The summed E-state index contributed by atoms with van der Waals surface area (Å²) in [5, 5.41) is 4.37. The summed E-state index contributed by atoms with van der Waals surface area (Å²) in [6, 6.07) is 4.79. The summed E-state index contributed by atoms with van der Waals surface area (Å²) >= 11 is 1.79. The van der Waals surface area contributed by atoms with Crippen molar-refractivity contribution in [1.29, 1.82) is 0 Å². The molecular weight excluding hydrogens is 261 g/mol. The molecule has 19 heavy (non-hydrogen) atoms. The van der Waals surface area contributed by atoms with Gasteiger partial charge in [0, 0.05) is 18.9 Å². The molecule has 1 aromatic carbocycles. The zero-order valence-corrected chi connectivity index (χ0v) is 11.8. The second-order valence-electron chi connectivity index (χ2n) is 5.09. The van der Waals surface area contributed by atoms with Crippen LogP contribution in [-0.4, -0.2) is 28.4 Å². The molecule has 0 amide bonds. The quantitative estimate of drug-likeness (QED) is 0.876. The van der Waals surface area contributed by atoms with E-state index in [0.29, 0.717) is 0 Å². The summed E-state index contributed by atoms with van der Waals surface area (Å²) in [5.74, 6) is 1.64. The van der Waals surface area contributed by atoms with Crippen LogP contribution in [0.5, 0.6) is 0 Å². The van der Waals surface area contributed by atoms with Crippen LogP contribution in [0.1, 0.15) is 12.8 Å². The first-order valence-electron chi connectivity index (χ1n) is 6.69. The second-order valence-corrected chi connectivity index (χ2v) is 6.08. The van der Waals surface area contributed by atoms with Crippen LogP contribution in [0.25, 0.3) is 11.0 Å². The predicted molar refractivity (Wildman–Crippen MR) is 77.0 cm³/mol. The summed E-state index contributed by atoms with van der Waals surface area (Å²) < 4.78 is 15.2. The first-order chi connectivity index (χ1) is 9.24. The van der Waals surface area contributed by atoms with E-state index in [2.05, 4.69) is 14.9 Å². The molecule has 0 aliphatic carbocycles. The van der Waals surface area contributed by atoms with Crippen LogP contribution in [0.15, 0.2) is 23.4 Å². The monoisotopic (exact) mass is 279 g/mol. The maximum Gasteiger partial charge on any atom is 0.168 e. The Morgan fingerprint density at radius 2 is 2.21 bits per heavy atom. The molecule has 1 N–H and O–H groups in total. The van der Waals surface area contributed by atoms with Gasteiger partial charge in [-0.05, 0) is 44.0 Å². The summed E-state index contributed by atoms with van der Waals surface area (Å²) in [4.78, 5) is 4.53. The number of nitrogens with one attached hydrogen (secondary N) is 1. The number of hydrogen-bond acceptors (Lipinski definition) is 3. The molecular formula is C14H18FN3S. The lowest BCUT2D eigenvalue weighted by molar-refractivity contribution is 0.407. The zero-order valence-electron chi connectivity index (χ0n) is 11.0. The molecule has 1 aromatic heterocycles. The molecule has 5 heteroatoms. The van der Waals surface area contributed by atoms with Crippen LogP contribution in [0, 0.1) is 11.7 Å². The third-order valence-corrected chi connectivity index (χ3v) is 4.97. The number of rotatable bonds is 3. The van der Waals surface area contributed by atoms with Gasteiger partial charge in [-0.25, -0.2) is 9.37 Å². The van der Waals surface area contributed by atoms with Crippen molar-refractivity contribution < 1.29 is 4.39 Å². The van der Waals surface area contributed by atoms with Crippen LogP contribution in [-0.2, 0) is 7.05 Å². The third kappa shape index (κ3) is 2.77. The summed E-state index contributed by atoms with van der Waals surface area (Å²) in [7, 11) is 2.00. The van der Waals surface area contributed by atoms with Crippen molar-refractivity contribution in [2.45, 2.75) is 18.0 Å². The number of nitrogens with zero attached hydrogens (tertiary/aromatic N) is 2. The lowest BCUT2D eigenvalue weighted by Crippen LogP contribution is -2.28. The van der Waals surface area contributed by atoms with E-state index < -0.39 is 0 Å². The van der Waals surface area contributed by atoms with Gasteiger partial charge in [0.15, 0.2) is 5.16 Å². The molecule has 1 aliphatic heterocycles. The predicted octanol–water partition coefficient (Wildman–Crippen LogP) is 2.80. The number of halogens is 1. The zero-order chi connectivity index (χ0) is 13.2. The lowest BCUT2D eigenvalue weighted by Gasteiger charge is -2.21. The van der Waals surface area contributed by atoms with Crippen molar-refractivity contribution in [3.63, 3.8) is 0 Å². The second kappa shape index (κ2) is 5.51. The normalized spacial score (nSPS) is 17.2. The van der Waals surface area contributed by atoms with E-state index in [1.807, 2.05) is 7.05 Å². The highest BCUT2D eigenvalue weighted by atomic mass is 32.2. The molecule has 1 fully saturated rings. The molecule has 0 saturated carbocycles. The number of aromatic nitrogens is 2. The fourth-order valence-electron chi connectivity index (χ4n) is 2.52. The fourth-order valence-corrected chi connectivity index (χ4v) is 3.69. The molecule has 1 saturated heterocycles. The van der Waals surface area contributed by atoms with Crippen LogP contribution in [0.4, 0.5) is 4.39 Å². The van der Waals surface area contributed by atoms with Gasteiger partial charge in [0.05, 0.1) is 11.0 Å². The van der Waals surface area contributed by atoms with Crippen molar-refractivity contribution in [2.24, 2.45) is 13.0 Å². The molecule has 0 unspecified atom stereocenters. The highest BCUT2D eigenvalue weighted by molar-refractivity contribution is 7.99. The minimum absolute atomic E-state index is 0.222. The van der Waals surface area contributed by atoms with E-state index in [0.717, 1.165) is 41.0 Å². The molecule has 1 aliphatic rings. The maximum absolute atomic E-state index is 13.2. The van der Waals surface area contributed by atoms with Gasteiger partial charge in [-0.1, -0.05) is 11.8 Å². The van der Waals surface area contributed by atoms with Crippen molar-refractivity contribution in [2.75, 3.05) is 18.8 Å². The van der Waals surface area contributed by atoms with Crippen LogP contribution < -0.4 is 5.32 Å². The Morgan fingerprint density at radius 3 is 3.00 bits per heavy atom. The summed E-state index contributed by atoms with van der Waals surface area (Å²) in [6.45, 7) is 2.25. The van der Waals surface area contributed by atoms with Gasteiger partial charge >= 0.3 is 0 Å². The van der Waals surface area contributed by atoms with Gasteiger partial charge < -0.3 is 9.88 Å².